The lowest BCUT2D eigenvalue weighted by Crippen LogP contribution is -2.35. The van der Waals surface area contributed by atoms with Gasteiger partial charge in [-0.25, -0.2) is 0 Å². The van der Waals surface area contributed by atoms with Gasteiger partial charge in [0.2, 0.25) is 0 Å². The highest BCUT2D eigenvalue weighted by atomic mass is 19.4. The third-order valence-corrected chi connectivity index (χ3v) is 2.71. The summed E-state index contributed by atoms with van der Waals surface area (Å²) in [5.74, 6) is 0.303. The third-order valence-electron chi connectivity index (χ3n) is 2.71. The summed E-state index contributed by atoms with van der Waals surface area (Å²) in [6.45, 7) is 1.73. The minimum absolute atomic E-state index is 0.220. The zero-order valence-corrected chi connectivity index (χ0v) is 8.71. The molecule has 2 nitrogen and oxygen atoms in total. The van der Waals surface area contributed by atoms with Gasteiger partial charge in [0.1, 0.15) is 11.9 Å². The van der Waals surface area contributed by atoms with Gasteiger partial charge in [-0.15, -0.1) is 0 Å². The number of rotatable bonds is 1. The standard InChI is InChI=1S/C11H12F3NO/c1-6(15)10-5-7-8(11(12,13)14)3-2-4-9(7)16-10/h2-4,6,10H,5,15H2,1H3. The Labute approximate surface area is 91.2 Å². The highest BCUT2D eigenvalue weighted by Crippen LogP contribution is 2.40. The summed E-state index contributed by atoms with van der Waals surface area (Å²) in [5, 5.41) is 0. The molecule has 2 atom stereocenters. The summed E-state index contributed by atoms with van der Waals surface area (Å²) in [6, 6.07) is 3.69. The number of benzene rings is 1. The van der Waals surface area contributed by atoms with E-state index in [-0.39, 0.29) is 24.1 Å². The number of halogens is 3. The zero-order valence-electron chi connectivity index (χ0n) is 8.71. The maximum absolute atomic E-state index is 12.7. The lowest BCUT2D eigenvalue weighted by atomic mass is 10.0. The Morgan fingerprint density at radius 1 is 1.44 bits per heavy atom. The summed E-state index contributed by atoms with van der Waals surface area (Å²) in [6.07, 6.45) is -4.47. The Balaban J connectivity index is 2.39. The van der Waals surface area contributed by atoms with E-state index in [0.29, 0.717) is 5.75 Å². The summed E-state index contributed by atoms with van der Waals surface area (Å²) in [4.78, 5) is 0. The minimum atomic E-state index is -4.33. The third kappa shape index (κ3) is 1.87. The Bertz CT molecular complexity index is 401. The quantitative estimate of drug-likeness (QED) is 0.805. The second kappa shape index (κ2) is 3.66. The van der Waals surface area contributed by atoms with Crippen LogP contribution in [0.15, 0.2) is 18.2 Å². The predicted octanol–water partition coefficient (Wildman–Crippen LogP) is 2.36. The van der Waals surface area contributed by atoms with Crippen molar-refractivity contribution in [1.29, 1.82) is 0 Å². The highest BCUT2D eigenvalue weighted by Gasteiger charge is 2.38. The van der Waals surface area contributed by atoms with Gasteiger partial charge in [-0.2, -0.15) is 13.2 Å². The molecule has 1 heterocycles. The Hall–Kier alpha value is -1.23. The Morgan fingerprint density at radius 3 is 2.69 bits per heavy atom. The van der Waals surface area contributed by atoms with E-state index in [4.69, 9.17) is 10.5 Å². The molecule has 1 aliphatic heterocycles. The van der Waals surface area contributed by atoms with Gasteiger partial charge in [0, 0.05) is 18.0 Å². The molecule has 0 bridgehead atoms. The molecule has 0 aromatic heterocycles. The minimum Gasteiger partial charge on any atom is -0.488 e. The number of fused-ring (bicyclic) bond motifs is 1. The first kappa shape index (κ1) is 11.3. The number of nitrogens with two attached hydrogens (primary N) is 1. The van der Waals surface area contributed by atoms with Crippen molar-refractivity contribution in [3.8, 4) is 5.75 Å². The van der Waals surface area contributed by atoms with Crippen molar-refractivity contribution in [3.63, 3.8) is 0 Å². The first-order chi connectivity index (χ1) is 7.39. The molecule has 0 aliphatic carbocycles. The highest BCUT2D eigenvalue weighted by molar-refractivity contribution is 5.45. The van der Waals surface area contributed by atoms with Crippen LogP contribution in [0.25, 0.3) is 0 Å². The van der Waals surface area contributed by atoms with Crippen molar-refractivity contribution >= 4 is 0 Å². The molecule has 88 valence electrons. The van der Waals surface area contributed by atoms with E-state index >= 15 is 0 Å². The lowest BCUT2D eigenvalue weighted by molar-refractivity contribution is -0.138. The SMILES string of the molecule is CC(N)C1Cc2c(cccc2C(F)(F)F)O1. The number of hydrogen-bond acceptors (Lipinski definition) is 2. The molecule has 0 radical (unpaired) electrons. The Kier molecular flexibility index (Phi) is 2.58. The molecule has 1 aromatic rings. The van der Waals surface area contributed by atoms with Crippen molar-refractivity contribution in [2.45, 2.75) is 31.7 Å². The first-order valence-electron chi connectivity index (χ1n) is 5.01. The van der Waals surface area contributed by atoms with E-state index in [1.807, 2.05) is 0 Å². The lowest BCUT2D eigenvalue weighted by Gasteiger charge is -2.13. The van der Waals surface area contributed by atoms with E-state index in [1.54, 1.807) is 13.0 Å². The topological polar surface area (TPSA) is 35.2 Å². The van der Waals surface area contributed by atoms with Crippen molar-refractivity contribution in [1.82, 2.24) is 0 Å². The van der Waals surface area contributed by atoms with Gasteiger partial charge in [0.25, 0.3) is 0 Å². The second-order valence-corrected chi connectivity index (χ2v) is 4.00. The Morgan fingerprint density at radius 2 is 2.12 bits per heavy atom. The maximum Gasteiger partial charge on any atom is 0.416 e. The molecule has 0 spiro atoms. The van der Waals surface area contributed by atoms with E-state index in [2.05, 4.69) is 0 Å². The van der Waals surface area contributed by atoms with Gasteiger partial charge in [-0.1, -0.05) is 6.07 Å². The number of ether oxygens (including phenoxy) is 1. The van der Waals surface area contributed by atoms with E-state index in [0.717, 1.165) is 6.07 Å². The molecular formula is C11H12F3NO. The zero-order chi connectivity index (χ0) is 11.9. The summed E-state index contributed by atoms with van der Waals surface area (Å²) in [5.41, 5.74) is 5.23. The average molecular weight is 231 g/mol. The van der Waals surface area contributed by atoms with Gasteiger partial charge in [-0.05, 0) is 19.1 Å². The van der Waals surface area contributed by atoms with Crippen LogP contribution in [-0.2, 0) is 12.6 Å². The molecule has 2 rings (SSSR count). The normalized spacial score (nSPS) is 21.4. The van der Waals surface area contributed by atoms with Crippen LogP contribution >= 0.6 is 0 Å². The smallest absolute Gasteiger partial charge is 0.416 e. The molecule has 1 aliphatic rings. The molecule has 0 fully saturated rings. The fourth-order valence-electron chi connectivity index (χ4n) is 1.85. The molecule has 1 aromatic carbocycles. The van der Waals surface area contributed by atoms with Gasteiger partial charge in [0.15, 0.2) is 0 Å². The molecule has 2 N–H and O–H groups in total. The van der Waals surface area contributed by atoms with Crippen LogP contribution in [0.2, 0.25) is 0 Å². The van der Waals surface area contributed by atoms with Crippen LogP contribution in [0, 0.1) is 0 Å². The maximum atomic E-state index is 12.7. The summed E-state index contributed by atoms with van der Waals surface area (Å²) < 4.78 is 43.4. The molecule has 0 saturated heterocycles. The monoisotopic (exact) mass is 231 g/mol. The van der Waals surface area contributed by atoms with Crippen LogP contribution in [0.5, 0.6) is 5.75 Å². The fraction of sp³-hybridized carbons (Fsp3) is 0.455. The van der Waals surface area contributed by atoms with Crippen LogP contribution in [-0.4, -0.2) is 12.1 Å². The fourth-order valence-corrected chi connectivity index (χ4v) is 1.85. The van der Waals surface area contributed by atoms with Crippen LogP contribution in [0.1, 0.15) is 18.1 Å². The van der Waals surface area contributed by atoms with Crippen molar-refractivity contribution in [3.05, 3.63) is 29.3 Å². The van der Waals surface area contributed by atoms with Crippen LogP contribution in [0.3, 0.4) is 0 Å². The van der Waals surface area contributed by atoms with E-state index < -0.39 is 11.7 Å². The summed E-state index contributed by atoms with van der Waals surface area (Å²) in [7, 11) is 0. The van der Waals surface area contributed by atoms with Crippen molar-refractivity contribution < 1.29 is 17.9 Å². The van der Waals surface area contributed by atoms with E-state index in [9.17, 15) is 13.2 Å². The molecule has 0 amide bonds. The van der Waals surface area contributed by atoms with Crippen molar-refractivity contribution in [2.75, 3.05) is 0 Å². The average Bonchev–Trinajstić information content (AvgIpc) is 2.58. The molecule has 16 heavy (non-hydrogen) atoms. The van der Waals surface area contributed by atoms with Crippen LogP contribution < -0.4 is 10.5 Å². The largest absolute Gasteiger partial charge is 0.488 e. The van der Waals surface area contributed by atoms with Gasteiger partial charge >= 0.3 is 6.18 Å². The molecule has 5 heteroatoms. The number of hydrogen-bond donors (Lipinski definition) is 1. The first-order valence-corrected chi connectivity index (χ1v) is 5.01. The van der Waals surface area contributed by atoms with E-state index in [1.165, 1.54) is 6.07 Å². The molecular weight excluding hydrogens is 219 g/mol. The summed E-state index contributed by atoms with van der Waals surface area (Å²) >= 11 is 0. The van der Waals surface area contributed by atoms with Gasteiger partial charge in [0.05, 0.1) is 5.56 Å². The predicted molar refractivity (Wildman–Crippen MR) is 53.2 cm³/mol. The molecule has 0 saturated carbocycles. The second-order valence-electron chi connectivity index (χ2n) is 4.00. The van der Waals surface area contributed by atoms with Crippen LogP contribution in [0.4, 0.5) is 13.2 Å². The van der Waals surface area contributed by atoms with Gasteiger partial charge in [-0.3, -0.25) is 0 Å². The van der Waals surface area contributed by atoms with Gasteiger partial charge < -0.3 is 10.5 Å². The van der Waals surface area contributed by atoms with Crippen molar-refractivity contribution in [2.24, 2.45) is 5.73 Å². The number of alkyl halides is 3. The molecule has 2 unspecified atom stereocenters.